The van der Waals surface area contributed by atoms with Gasteiger partial charge in [0.1, 0.15) is 34.3 Å². The number of ether oxygens (including phenoxy) is 1. The number of aliphatic hydroxyl groups excluding tert-OH is 1. The second-order valence-corrected chi connectivity index (χ2v) is 12.9. The zero-order valence-corrected chi connectivity index (χ0v) is 23.8. The van der Waals surface area contributed by atoms with Crippen LogP contribution in [0.15, 0.2) is 47.8 Å². The first-order valence-corrected chi connectivity index (χ1v) is 14.2. The molecule has 0 saturated heterocycles. The number of rotatable bonds is 9. The SMILES string of the molecule is CCn1nc(-c2cnc3cc(OCCO)c(S(=O)(=O)C(C)(C)C)cn23)cc1C(=O)N[C@@H](C)c1cc(C)ccn1. The summed E-state index contributed by atoms with van der Waals surface area (Å²) in [6, 6.07) is 6.69. The quantitative estimate of drug-likeness (QED) is 0.321. The third-order valence-electron chi connectivity index (χ3n) is 6.32. The minimum atomic E-state index is -3.82. The van der Waals surface area contributed by atoms with Crippen LogP contribution in [0, 0.1) is 6.92 Å². The number of sulfone groups is 1. The second-order valence-electron chi connectivity index (χ2n) is 10.2. The Kier molecular flexibility index (Phi) is 7.80. The fourth-order valence-corrected chi connectivity index (χ4v) is 5.37. The Morgan fingerprint density at radius 1 is 1.21 bits per heavy atom. The van der Waals surface area contributed by atoms with Crippen LogP contribution in [0.5, 0.6) is 5.75 Å². The van der Waals surface area contributed by atoms with Gasteiger partial charge in [0.05, 0.1) is 35.0 Å². The number of aryl methyl sites for hydroxylation is 2. The molecule has 0 aromatic carbocycles. The highest BCUT2D eigenvalue weighted by Crippen LogP contribution is 2.34. The summed E-state index contributed by atoms with van der Waals surface area (Å²) in [5.41, 5.74) is 3.55. The molecule has 2 N–H and O–H groups in total. The van der Waals surface area contributed by atoms with Crippen LogP contribution in [-0.4, -0.2) is 61.5 Å². The number of hydrogen-bond donors (Lipinski definition) is 2. The van der Waals surface area contributed by atoms with Crippen molar-refractivity contribution < 1.29 is 23.1 Å². The smallest absolute Gasteiger partial charge is 0.270 e. The Bertz CT molecular complexity index is 1620. The highest BCUT2D eigenvalue weighted by molar-refractivity contribution is 7.92. The molecule has 0 fully saturated rings. The molecule has 0 unspecified atom stereocenters. The number of nitrogens with zero attached hydrogens (tertiary/aromatic N) is 5. The summed E-state index contributed by atoms with van der Waals surface area (Å²) in [5, 5.41) is 16.8. The van der Waals surface area contributed by atoms with Gasteiger partial charge in [0.15, 0.2) is 9.84 Å². The largest absolute Gasteiger partial charge is 0.490 e. The summed E-state index contributed by atoms with van der Waals surface area (Å²) in [4.78, 5) is 22.0. The number of fused-ring (bicyclic) bond motifs is 1. The lowest BCUT2D eigenvalue weighted by Crippen LogP contribution is -2.29. The van der Waals surface area contributed by atoms with E-state index in [1.807, 2.05) is 32.9 Å². The molecule has 11 nitrogen and oxygen atoms in total. The third kappa shape index (κ3) is 5.52. The third-order valence-corrected chi connectivity index (χ3v) is 8.82. The van der Waals surface area contributed by atoms with Crippen LogP contribution in [-0.2, 0) is 16.4 Å². The monoisotopic (exact) mass is 554 g/mol. The lowest BCUT2D eigenvalue weighted by atomic mass is 10.1. The van der Waals surface area contributed by atoms with Gasteiger partial charge in [-0.3, -0.25) is 18.9 Å². The van der Waals surface area contributed by atoms with Gasteiger partial charge in [0, 0.05) is 25.0 Å². The lowest BCUT2D eigenvalue weighted by Gasteiger charge is -2.21. The van der Waals surface area contributed by atoms with Crippen LogP contribution in [0.4, 0.5) is 0 Å². The summed E-state index contributed by atoms with van der Waals surface area (Å²) in [6.45, 7) is 10.7. The predicted molar refractivity (Wildman–Crippen MR) is 146 cm³/mol. The first kappa shape index (κ1) is 28.2. The summed E-state index contributed by atoms with van der Waals surface area (Å²) in [7, 11) is -3.82. The van der Waals surface area contributed by atoms with Gasteiger partial charge in [-0.05, 0) is 65.3 Å². The fourth-order valence-electron chi connectivity index (χ4n) is 4.08. The van der Waals surface area contributed by atoms with Crippen molar-refractivity contribution in [3.63, 3.8) is 0 Å². The van der Waals surface area contributed by atoms with Crippen molar-refractivity contribution in [3.8, 4) is 17.1 Å². The molecule has 4 aromatic heterocycles. The van der Waals surface area contributed by atoms with E-state index in [4.69, 9.17) is 4.74 Å². The Morgan fingerprint density at radius 2 is 1.95 bits per heavy atom. The molecule has 12 heteroatoms. The van der Waals surface area contributed by atoms with Crippen molar-refractivity contribution in [2.75, 3.05) is 13.2 Å². The van der Waals surface area contributed by atoms with Crippen molar-refractivity contribution in [2.24, 2.45) is 0 Å². The standard InChI is InChI=1S/C27H34N6O5S/c1-7-33-21(26(35)30-18(3)19-12-17(2)8-9-28-19)13-20(31-33)22-15-29-25-14-23(38-11-10-34)24(16-32(22)25)39(36,37)27(4,5)6/h8-9,12-16,18,34H,7,10-11H2,1-6H3,(H,30,35)/t18-/m0/s1. The van der Waals surface area contributed by atoms with Gasteiger partial charge in [-0.15, -0.1) is 0 Å². The highest BCUT2D eigenvalue weighted by atomic mass is 32.2. The molecular formula is C27H34N6O5S. The highest BCUT2D eigenvalue weighted by Gasteiger charge is 2.34. The van der Waals surface area contributed by atoms with Gasteiger partial charge in [-0.2, -0.15) is 5.10 Å². The number of imidazole rings is 1. The first-order valence-electron chi connectivity index (χ1n) is 12.7. The van der Waals surface area contributed by atoms with Crippen molar-refractivity contribution in [2.45, 2.75) is 63.8 Å². The molecular weight excluding hydrogens is 520 g/mol. The molecule has 4 rings (SSSR count). The van der Waals surface area contributed by atoms with Gasteiger partial charge >= 0.3 is 0 Å². The second kappa shape index (κ2) is 10.8. The maximum absolute atomic E-state index is 13.4. The maximum Gasteiger partial charge on any atom is 0.270 e. The molecule has 1 amide bonds. The summed E-state index contributed by atoms with van der Waals surface area (Å²) in [6.07, 6.45) is 4.74. The molecule has 0 aliphatic heterocycles. The molecule has 0 bridgehead atoms. The minimum Gasteiger partial charge on any atom is -0.490 e. The molecule has 0 aliphatic rings. The van der Waals surface area contributed by atoms with Gasteiger partial charge in [-0.1, -0.05) is 0 Å². The molecule has 39 heavy (non-hydrogen) atoms. The van der Waals surface area contributed by atoms with E-state index in [0.29, 0.717) is 29.3 Å². The van der Waals surface area contributed by atoms with Crippen LogP contribution in [0.2, 0.25) is 0 Å². The van der Waals surface area contributed by atoms with E-state index in [0.717, 1.165) is 11.3 Å². The van der Waals surface area contributed by atoms with Crippen molar-refractivity contribution in [3.05, 3.63) is 59.8 Å². The van der Waals surface area contributed by atoms with Gasteiger partial charge in [0.2, 0.25) is 0 Å². The Hall–Kier alpha value is -3.77. The molecule has 1 atom stereocenters. The molecule has 0 radical (unpaired) electrons. The van der Waals surface area contributed by atoms with E-state index in [1.54, 1.807) is 48.3 Å². The lowest BCUT2D eigenvalue weighted by molar-refractivity contribution is 0.0928. The predicted octanol–water partition coefficient (Wildman–Crippen LogP) is 3.36. The van der Waals surface area contributed by atoms with Crippen LogP contribution in [0.3, 0.4) is 0 Å². The van der Waals surface area contributed by atoms with E-state index in [-0.39, 0.29) is 35.8 Å². The normalized spacial score (nSPS) is 13.0. The van der Waals surface area contributed by atoms with E-state index in [2.05, 4.69) is 20.4 Å². The Balaban J connectivity index is 1.76. The molecule has 208 valence electrons. The average Bonchev–Trinajstić information content (AvgIpc) is 3.49. The zero-order chi connectivity index (χ0) is 28.5. The van der Waals surface area contributed by atoms with Crippen molar-refractivity contribution >= 4 is 21.4 Å². The van der Waals surface area contributed by atoms with Crippen LogP contribution in [0.25, 0.3) is 17.0 Å². The molecule has 4 heterocycles. The topological polar surface area (TPSA) is 141 Å². The van der Waals surface area contributed by atoms with E-state index in [1.165, 1.54) is 12.3 Å². The number of hydrogen-bond acceptors (Lipinski definition) is 8. The Morgan fingerprint density at radius 3 is 2.59 bits per heavy atom. The van der Waals surface area contributed by atoms with Crippen molar-refractivity contribution in [1.82, 2.24) is 29.5 Å². The fraction of sp³-hybridized carbons (Fsp3) is 0.407. The molecule has 0 saturated carbocycles. The van der Waals surface area contributed by atoms with Gasteiger partial charge in [-0.25, -0.2) is 13.4 Å². The van der Waals surface area contributed by atoms with Crippen LogP contribution < -0.4 is 10.1 Å². The number of carbonyl (C=O) groups is 1. The average molecular weight is 555 g/mol. The van der Waals surface area contributed by atoms with Crippen LogP contribution in [0.1, 0.15) is 62.4 Å². The maximum atomic E-state index is 13.4. The zero-order valence-electron chi connectivity index (χ0n) is 23.0. The number of aromatic nitrogens is 5. The summed E-state index contributed by atoms with van der Waals surface area (Å²) >= 11 is 0. The van der Waals surface area contributed by atoms with E-state index < -0.39 is 14.6 Å². The molecule has 0 aliphatic carbocycles. The number of carbonyl (C=O) groups excluding carboxylic acids is 1. The first-order chi connectivity index (χ1) is 18.4. The van der Waals surface area contributed by atoms with Gasteiger partial charge in [0.25, 0.3) is 5.91 Å². The van der Waals surface area contributed by atoms with E-state index >= 15 is 0 Å². The summed E-state index contributed by atoms with van der Waals surface area (Å²) in [5.74, 6) is -0.197. The van der Waals surface area contributed by atoms with Crippen molar-refractivity contribution in [1.29, 1.82) is 0 Å². The molecule has 4 aromatic rings. The van der Waals surface area contributed by atoms with Gasteiger partial charge < -0.3 is 15.2 Å². The summed E-state index contributed by atoms with van der Waals surface area (Å²) < 4.78 is 34.6. The Labute approximate surface area is 227 Å². The number of pyridine rings is 2. The van der Waals surface area contributed by atoms with Crippen LogP contribution >= 0.6 is 0 Å². The minimum absolute atomic E-state index is 0.0254. The van der Waals surface area contributed by atoms with E-state index in [9.17, 15) is 18.3 Å². The number of nitrogens with one attached hydrogen (secondary N) is 1. The molecule has 0 spiro atoms. The number of amides is 1. The number of aliphatic hydroxyl groups is 1.